The lowest BCUT2D eigenvalue weighted by Gasteiger charge is -2.23. The molecule has 3 heterocycles. The van der Waals surface area contributed by atoms with Crippen LogP contribution in [0.1, 0.15) is 36.4 Å². The Bertz CT molecular complexity index is 1360. The van der Waals surface area contributed by atoms with Crippen LogP contribution in [-0.2, 0) is 20.7 Å². The molecular weight excluding hydrogens is 442 g/mol. The number of rotatable bonds is 7. The van der Waals surface area contributed by atoms with Crippen molar-refractivity contribution in [1.29, 1.82) is 0 Å². The van der Waals surface area contributed by atoms with Crippen molar-refractivity contribution in [2.24, 2.45) is 0 Å². The van der Waals surface area contributed by atoms with Crippen molar-refractivity contribution < 1.29 is 19.1 Å². The Morgan fingerprint density at radius 2 is 1.97 bits per heavy atom. The minimum absolute atomic E-state index is 0.0529. The number of H-pyrrole nitrogens is 1. The normalized spacial score (nSPS) is 15.5. The minimum atomic E-state index is -0.227. The standard InChI is InChI=1S/C28H27N3O4/c1-31-25(11-12-27(31)32)21-17-23-19(15-24(30-23)22-5-3-4-14-29-22)16-26(21)35-20-9-6-18(7-10-20)8-13-28(33)34-2/h3-7,9-10,14-17,25,30H,8,11-13H2,1-2H3. The number of likely N-dealkylation sites (tertiary alicyclic amines) is 1. The summed E-state index contributed by atoms with van der Waals surface area (Å²) in [5.74, 6) is 1.32. The van der Waals surface area contributed by atoms with Gasteiger partial charge in [-0.05, 0) is 60.9 Å². The predicted molar refractivity (Wildman–Crippen MR) is 133 cm³/mol. The average Bonchev–Trinajstić information content (AvgIpc) is 3.45. The Morgan fingerprint density at radius 3 is 2.66 bits per heavy atom. The minimum Gasteiger partial charge on any atom is -0.469 e. The summed E-state index contributed by atoms with van der Waals surface area (Å²) in [6, 6.07) is 19.7. The number of nitrogens with zero attached hydrogens (tertiary/aromatic N) is 2. The second-order valence-electron chi connectivity index (χ2n) is 8.76. The molecule has 178 valence electrons. The third-order valence-electron chi connectivity index (χ3n) is 6.54. The molecule has 1 atom stereocenters. The van der Waals surface area contributed by atoms with Crippen molar-refractivity contribution in [3.05, 3.63) is 78.0 Å². The largest absolute Gasteiger partial charge is 0.469 e. The number of ether oxygens (including phenoxy) is 2. The molecule has 7 nitrogen and oxygen atoms in total. The topological polar surface area (TPSA) is 84.5 Å². The summed E-state index contributed by atoms with van der Waals surface area (Å²) >= 11 is 0. The van der Waals surface area contributed by atoms with Gasteiger partial charge in [-0.25, -0.2) is 0 Å². The fraction of sp³-hybridized carbons (Fsp3) is 0.250. The Morgan fingerprint density at radius 1 is 1.14 bits per heavy atom. The number of aryl methyl sites for hydroxylation is 1. The van der Waals surface area contributed by atoms with Gasteiger partial charge in [0.05, 0.1) is 24.5 Å². The summed E-state index contributed by atoms with van der Waals surface area (Å²) in [5.41, 5.74) is 4.76. The number of carbonyl (C=O) groups excluding carboxylic acids is 2. The lowest BCUT2D eigenvalue weighted by Crippen LogP contribution is -2.22. The summed E-state index contributed by atoms with van der Waals surface area (Å²) in [6.45, 7) is 0. The van der Waals surface area contributed by atoms with Gasteiger partial charge in [0.25, 0.3) is 0 Å². The zero-order valence-corrected chi connectivity index (χ0v) is 19.8. The molecule has 4 aromatic rings. The fourth-order valence-electron chi connectivity index (χ4n) is 4.55. The quantitative estimate of drug-likeness (QED) is 0.365. The van der Waals surface area contributed by atoms with Crippen LogP contribution in [0, 0.1) is 0 Å². The number of hydrogen-bond acceptors (Lipinski definition) is 5. The van der Waals surface area contributed by atoms with Gasteiger partial charge >= 0.3 is 5.97 Å². The molecule has 0 spiro atoms. The Kier molecular flexibility index (Phi) is 6.23. The van der Waals surface area contributed by atoms with E-state index in [1.807, 2.05) is 55.6 Å². The Hall–Kier alpha value is -4.13. The van der Waals surface area contributed by atoms with E-state index in [2.05, 4.69) is 22.1 Å². The average molecular weight is 470 g/mol. The van der Waals surface area contributed by atoms with Crippen LogP contribution in [0.5, 0.6) is 11.5 Å². The molecule has 1 N–H and O–H groups in total. The van der Waals surface area contributed by atoms with Crippen LogP contribution in [0.15, 0.2) is 66.9 Å². The highest BCUT2D eigenvalue weighted by Gasteiger charge is 2.31. The molecule has 35 heavy (non-hydrogen) atoms. The number of amides is 1. The van der Waals surface area contributed by atoms with Crippen molar-refractivity contribution in [2.45, 2.75) is 31.7 Å². The number of esters is 1. The van der Waals surface area contributed by atoms with E-state index in [1.165, 1.54) is 7.11 Å². The fourth-order valence-corrected chi connectivity index (χ4v) is 4.55. The highest BCUT2D eigenvalue weighted by atomic mass is 16.5. The molecule has 1 aliphatic heterocycles. The molecule has 0 saturated carbocycles. The van der Waals surface area contributed by atoms with E-state index < -0.39 is 0 Å². The number of aromatic nitrogens is 2. The molecule has 1 saturated heterocycles. The van der Waals surface area contributed by atoms with Gasteiger partial charge in [-0.3, -0.25) is 14.6 Å². The molecule has 1 fully saturated rings. The molecule has 0 aliphatic carbocycles. The van der Waals surface area contributed by atoms with E-state index >= 15 is 0 Å². The van der Waals surface area contributed by atoms with E-state index in [9.17, 15) is 9.59 Å². The lowest BCUT2D eigenvalue weighted by molar-refractivity contribution is -0.140. The molecule has 2 aromatic carbocycles. The van der Waals surface area contributed by atoms with Crippen LogP contribution in [0.25, 0.3) is 22.3 Å². The van der Waals surface area contributed by atoms with Gasteiger partial charge in [0.1, 0.15) is 11.5 Å². The molecule has 1 aliphatic rings. The third kappa shape index (κ3) is 4.75. The molecule has 0 radical (unpaired) electrons. The van der Waals surface area contributed by atoms with Gasteiger partial charge in [-0.15, -0.1) is 0 Å². The van der Waals surface area contributed by atoms with Crippen LogP contribution in [-0.4, -0.2) is 40.9 Å². The number of nitrogens with one attached hydrogen (secondary N) is 1. The van der Waals surface area contributed by atoms with Gasteiger partial charge in [0.15, 0.2) is 0 Å². The van der Waals surface area contributed by atoms with Gasteiger partial charge in [0, 0.05) is 42.6 Å². The molecule has 0 bridgehead atoms. The second kappa shape index (κ2) is 9.62. The first-order valence-corrected chi connectivity index (χ1v) is 11.7. The number of carbonyl (C=O) groups is 2. The summed E-state index contributed by atoms with van der Waals surface area (Å²) in [6.07, 6.45) is 3.99. The van der Waals surface area contributed by atoms with Gasteiger partial charge in [-0.2, -0.15) is 0 Å². The van der Waals surface area contributed by atoms with E-state index in [0.717, 1.165) is 45.6 Å². The second-order valence-corrected chi connectivity index (χ2v) is 8.76. The number of methoxy groups -OCH3 is 1. The number of fused-ring (bicyclic) bond motifs is 1. The summed E-state index contributed by atoms with van der Waals surface area (Å²) in [4.78, 5) is 33.4. The van der Waals surface area contributed by atoms with Crippen LogP contribution in [0.3, 0.4) is 0 Å². The van der Waals surface area contributed by atoms with E-state index in [0.29, 0.717) is 25.0 Å². The van der Waals surface area contributed by atoms with E-state index in [-0.39, 0.29) is 17.9 Å². The maximum atomic E-state index is 12.3. The molecule has 2 aromatic heterocycles. The Labute approximate surface area is 203 Å². The summed E-state index contributed by atoms with van der Waals surface area (Å²) in [7, 11) is 3.24. The third-order valence-corrected chi connectivity index (χ3v) is 6.54. The van der Waals surface area contributed by atoms with Crippen LogP contribution in [0.4, 0.5) is 0 Å². The zero-order chi connectivity index (χ0) is 24.4. The maximum Gasteiger partial charge on any atom is 0.305 e. The first-order valence-electron chi connectivity index (χ1n) is 11.7. The SMILES string of the molecule is COC(=O)CCc1ccc(Oc2cc3cc(-c4ccccn4)[nH]c3cc2C2CCC(=O)N2C)cc1. The van der Waals surface area contributed by atoms with Crippen molar-refractivity contribution >= 4 is 22.8 Å². The number of pyridine rings is 1. The molecular formula is C28H27N3O4. The summed E-state index contributed by atoms with van der Waals surface area (Å²) in [5, 5.41) is 1.01. The lowest BCUT2D eigenvalue weighted by atomic mass is 10.0. The van der Waals surface area contributed by atoms with Crippen molar-refractivity contribution in [1.82, 2.24) is 14.9 Å². The van der Waals surface area contributed by atoms with Crippen molar-refractivity contribution in [3.63, 3.8) is 0 Å². The highest BCUT2D eigenvalue weighted by molar-refractivity contribution is 5.88. The van der Waals surface area contributed by atoms with Crippen LogP contribution >= 0.6 is 0 Å². The van der Waals surface area contributed by atoms with E-state index in [1.54, 1.807) is 11.1 Å². The van der Waals surface area contributed by atoms with Crippen molar-refractivity contribution in [2.75, 3.05) is 14.2 Å². The molecule has 5 rings (SSSR count). The highest BCUT2D eigenvalue weighted by Crippen LogP contribution is 2.41. The smallest absolute Gasteiger partial charge is 0.305 e. The van der Waals surface area contributed by atoms with Crippen LogP contribution < -0.4 is 4.74 Å². The maximum absolute atomic E-state index is 12.3. The zero-order valence-electron chi connectivity index (χ0n) is 19.8. The first-order chi connectivity index (χ1) is 17.0. The number of aromatic amines is 1. The van der Waals surface area contributed by atoms with Gasteiger partial charge in [0.2, 0.25) is 5.91 Å². The summed E-state index contributed by atoms with van der Waals surface area (Å²) < 4.78 is 11.1. The van der Waals surface area contributed by atoms with Crippen molar-refractivity contribution in [3.8, 4) is 22.9 Å². The predicted octanol–water partition coefficient (Wildman–Crippen LogP) is 5.42. The first kappa shape index (κ1) is 22.7. The van der Waals surface area contributed by atoms with Gasteiger partial charge < -0.3 is 19.4 Å². The molecule has 1 unspecified atom stereocenters. The molecule has 1 amide bonds. The number of benzene rings is 2. The Balaban J connectivity index is 1.48. The van der Waals surface area contributed by atoms with E-state index in [4.69, 9.17) is 9.47 Å². The molecule has 7 heteroatoms. The monoisotopic (exact) mass is 469 g/mol. The van der Waals surface area contributed by atoms with Crippen LogP contribution in [0.2, 0.25) is 0 Å². The number of hydrogen-bond donors (Lipinski definition) is 1. The van der Waals surface area contributed by atoms with Gasteiger partial charge in [-0.1, -0.05) is 18.2 Å².